The standard InChI is InChI=1S/C13H17N3O3/c17-12-4-2-1-3-11(12)9-14-15-13(18)10-16-5-7-19-8-6-16/h1-4,9,17H,5-8,10H2,(H,15,18). The van der Waals surface area contributed by atoms with E-state index in [9.17, 15) is 9.90 Å². The van der Waals surface area contributed by atoms with Gasteiger partial charge in [0.25, 0.3) is 5.91 Å². The summed E-state index contributed by atoms with van der Waals surface area (Å²) in [6.45, 7) is 3.15. The Morgan fingerprint density at radius 1 is 1.42 bits per heavy atom. The van der Waals surface area contributed by atoms with Gasteiger partial charge in [0.15, 0.2) is 0 Å². The van der Waals surface area contributed by atoms with Gasteiger partial charge in [-0.15, -0.1) is 0 Å². The van der Waals surface area contributed by atoms with Crippen molar-refractivity contribution in [2.45, 2.75) is 0 Å². The first-order valence-electron chi connectivity index (χ1n) is 6.16. The van der Waals surface area contributed by atoms with Crippen molar-refractivity contribution in [3.8, 4) is 5.75 Å². The van der Waals surface area contributed by atoms with E-state index in [2.05, 4.69) is 10.5 Å². The van der Waals surface area contributed by atoms with Crippen molar-refractivity contribution in [2.75, 3.05) is 32.8 Å². The number of hydrazone groups is 1. The number of phenolic OH excluding ortho intramolecular Hbond substituents is 1. The smallest absolute Gasteiger partial charge is 0.254 e. The molecule has 19 heavy (non-hydrogen) atoms. The Bertz CT molecular complexity index is 456. The molecule has 1 heterocycles. The predicted molar refractivity (Wildman–Crippen MR) is 71.1 cm³/mol. The van der Waals surface area contributed by atoms with Gasteiger partial charge < -0.3 is 9.84 Å². The number of aromatic hydroxyl groups is 1. The molecule has 6 nitrogen and oxygen atoms in total. The molecule has 0 radical (unpaired) electrons. The molecule has 0 saturated carbocycles. The normalized spacial score (nSPS) is 16.6. The highest BCUT2D eigenvalue weighted by Gasteiger charge is 2.13. The van der Waals surface area contributed by atoms with Crippen LogP contribution in [-0.4, -0.2) is 55.0 Å². The zero-order valence-corrected chi connectivity index (χ0v) is 10.6. The van der Waals surface area contributed by atoms with E-state index in [1.165, 1.54) is 6.21 Å². The van der Waals surface area contributed by atoms with E-state index in [-0.39, 0.29) is 11.7 Å². The number of phenols is 1. The first-order chi connectivity index (χ1) is 9.25. The van der Waals surface area contributed by atoms with E-state index in [1.807, 2.05) is 4.90 Å². The minimum Gasteiger partial charge on any atom is -0.507 e. The lowest BCUT2D eigenvalue weighted by molar-refractivity contribution is -0.123. The minimum absolute atomic E-state index is 0.133. The zero-order chi connectivity index (χ0) is 13.5. The van der Waals surface area contributed by atoms with Crippen molar-refractivity contribution in [2.24, 2.45) is 5.10 Å². The van der Waals surface area contributed by atoms with Gasteiger partial charge in [-0.05, 0) is 12.1 Å². The number of hydrogen-bond acceptors (Lipinski definition) is 5. The molecule has 1 aromatic carbocycles. The van der Waals surface area contributed by atoms with Crippen LogP contribution in [0.3, 0.4) is 0 Å². The quantitative estimate of drug-likeness (QED) is 0.600. The molecular formula is C13H17N3O3. The highest BCUT2D eigenvalue weighted by Crippen LogP contribution is 2.12. The van der Waals surface area contributed by atoms with Crippen molar-refractivity contribution in [3.63, 3.8) is 0 Å². The molecule has 0 atom stereocenters. The van der Waals surface area contributed by atoms with E-state index in [1.54, 1.807) is 24.3 Å². The molecule has 1 amide bonds. The van der Waals surface area contributed by atoms with Crippen molar-refractivity contribution in [1.29, 1.82) is 0 Å². The number of carbonyl (C=O) groups excluding carboxylic acids is 1. The van der Waals surface area contributed by atoms with Gasteiger partial charge in [0.2, 0.25) is 0 Å². The maximum Gasteiger partial charge on any atom is 0.254 e. The lowest BCUT2D eigenvalue weighted by Crippen LogP contribution is -2.42. The van der Waals surface area contributed by atoms with Gasteiger partial charge in [-0.3, -0.25) is 9.69 Å². The van der Waals surface area contributed by atoms with Gasteiger partial charge in [0, 0.05) is 18.7 Å². The van der Waals surface area contributed by atoms with E-state index in [4.69, 9.17) is 4.74 Å². The van der Waals surface area contributed by atoms with E-state index in [0.29, 0.717) is 25.3 Å². The SMILES string of the molecule is O=C(CN1CCOCC1)NN=Cc1ccccc1O. The Kier molecular flexibility index (Phi) is 4.88. The predicted octanol–water partition coefficient (Wildman–Crippen LogP) is 0.175. The monoisotopic (exact) mass is 263 g/mol. The Hall–Kier alpha value is -1.92. The number of nitrogens with one attached hydrogen (secondary N) is 1. The molecule has 1 fully saturated rings. The number of rotatable bonds is 4. The highest BCUT2D eigenvalue weighted by molar-refractivity contribution is 5.85. The largest absolute Gasteiger partial charge is 0.507 e. The lowest BCUT2D eigenvalue weighted by Gasteiger charge is -2.25. The number of amides is 1. The first kappa shape index (κ1) is 13.5. The van der Waals surface area contributed by atoms with Crippen LogP contribution >= 0.6 is 0 Å². The molecule has 0 unspecified atom stereocenters. The number of ether oxygens (including phenoxy) is 1. The van der Waals surface area contributed by atoms with Crippen molar-refractivity contribution < 1.29 is 14.6 Å². The van der Waals surface area contributed by atoms with Crippen molar-refractivity contribution in [3.05, 3.63) is 29.8 Å². The summed E-state index contributed by atoms with van der Waals surface area (Å²) in [4.78, 5) is 13.6. The van der Waals surface area contributed by atoms with Gasteiger partial charge in [0.1, 0.15) is 5.75 Å². The molecule has 1 saturated heterocycles. The molecule has 1 aliphatic heterocycles. The number of nitrogens with zero attached hydrogens (tertiary/aromatic N) is 2. The number of morpholine rings is 1. The molecular weight excluding hydrogens is 246 g/mol. The van der Waals surface area contributed by atoms with Crippen LogP contribution in [0, 0.1) is 0 Å². The topological polar surface area (TPSA) is 74.2 Å². The number of hydrogen-bond donors (Lipinski definition) is 2. The van der Waals surface area contributed by atoms with Crippen LogP contribution < -0.4 is 5.43 Å². The van der Waals surface area contributed by atoms with Crippen LogP contribution in [0.4, 0.5) is 0 Å². The minimum atomic E-state index is -0.173. The number of para-hydroxylation sites is 1. The average Bonchev–Trinajstić information content (AvgIpc) is 2.42. The number of benzene rings is 1. The Labute approximate surface area is 111 Å². The second kappa shape index (κ2) is 6.86. The van der Waals surface area contributed by atoms with Gasteiger partial charge >= 0.3 is 0 Å². The van der Waals surface area contributed by atoms with Crippen LogP contribution in [0.25, 0.3) is 0 Å². The van der Waals surface area contributed by atoms with Crippen LogP contribution in [0.15, 0.2) is 29.4 Å². The molecule has 102 valence electrons. The first-order valence-corrected chi connectivity index (χ1v) is 6.16. The number of carbonyl (C=O) groups is 1. The van der Waals surface area contributed by atoms with Crippen LogP contribution in [0.1, 0.15) is 5.56 Å². The van der Waals surface area contributed by atoms with Crippen molar-refractivity contribution in [1.82, 2.24) is 10.3 Å². The Morgan fingerprint density at radius 2 is 2.16 bits per heavy atom. The summed E-state index contributed by atoms with van der Waals surface area (Å²) < 4.78 is 5.20. The zero-order valence-electron chi connectivity index (χ0n) is 10.6. The van der Waals surface area contributed by atoms with Crippen LogP contribution in [0.2, 0.25) is 0 Å². The molecule has 0 aromatic heterocycles. The van der Waals surface area contributed by atoms with Gasteiger partial charge in [-0.1, -0.05) is 12.1 Å². The summed E-state index contributed by atoms with van der Waals surface area (Å²) in [6.07, 6.45) is 1.42. The summed E-state index contributed by atoms with van der Waals surface area (Å²) in [5, 5.41) is 13.3. The highest BCUT2D eigenvalue weighted by atomic mass is 16.5. The van der Waals surface area contributed by atoms with E-state index in [0.717, 1.165) is 13.1 Å². The Morgan fingerprint density at radius 3 is 2.89 bits per heavy atom. The van der Waals surface area contributed by atoms with E-state index < -0.39 is 0 Å². The fraction of sp³-hybridized carbons (Fsp3) is 0.385. The van der Waals surface area contributed by atoms with E-state index >= 15 is 0 Å². The maximum atomic E-state index is 11.6. The average molecular weight is 263 g/mol. The van der Waals surface area contributed by atoms with Gasteiger partial charge in [-0.2, -0.15) is 5.10 Å². The van der Waals surface area contributed by atoms with Gasteiger partial charge in [-0.25, -0.2) is 5.43 Å². The summed E-state index contributed by atoms with van der Waals surface area (Å²) in [6, 6.07) is 6.80. The summed E-state index contributed by atoms with van der Waals surface area (Å²) in [5.41, 5.74) is 3.01. The van der Waals surface area contributed by atoms with Crippen molar-refractivity contribution >= 4 is 12.1 Å². The third-order valence-electron chi connectivity index (χ3n) is 2.80. The maximum absolute atomic E-state index is 11.6. The van der Waals surface area contributed by atoms with Gasteiger partial charge in [0.05, 0.1) is 26.0 Å². The molecule has 0 bridgehead atoms. The van der Waals surface area contributed by atoms with Crippen LogP contribution in [-0.2, 0) is 9.53 Å². The summed E-state index contributed by atoms with van der Waals surface area (Å²) in [7, 11) is 0. The molecule has 6 heteroatoms. The lowest BCUT2D eigenvalue weighted by atomic mass is 10.2. The molecule has 2 rings (SSSR count). The summed E-state index contributed by atoms with van der Waals surface area (Å²) in [5.74, 6) is -0.0396. The van der Waals surface area contributed by atoms with Crippen LogP contribution in [0.5, 0.6) is 5.75 Å². The molecule has 1 aromatic rings. The summed E-state index contributed by atoms with van der Waals surface area (Å²) >= 11 is 0. The second-order valence-electron chi connectivity index (χ2n) is 4.24. The third kappa shape index (κ3) is 4.35. The third-order valence-corrected chi connectivity index (χ3v) is 2.80. The second-order valence-corrected chi connectivity index (χ2v) is 4.24. The molecule has 2 N–H and O–H groups in total. The molecule has 1 aliphatic rings. The molecule has 0 aliphatic carbocycles. The molecule has 0 spiro atoms. The Balaban J connectivity index is 1.78. The fourth-order valence-corrected chi connectivity index (χ4v) is 1.77. The fourth-order valence-electron chi connectivity index (χ4n) is 1.77.